The maximum atomic E-state index is 13.2. The third-order valence-corrected chi connectivity index (χ3v) is 2.89. The molecule has 2 N–H and O–H groups in total. The molecule has 0 aliphatic carbocycles. The van der Waals surface area contributed by atoms with E-state index in [9.17, 15) is 18.4 Å². The Hall–Kier alpha value is -2.47. The summed E-state index contributed by atoms with van der Waals surface area (Å²) in [5, 5.41) is 11.8. The molecule has 0 aliphatic heterocycles. The number of carboxylic acids is 1. The van der Waals surface area contributed by atoms with Crippen molar-refractivity contribution in [2.75, 3.05) is 5.32 Å². The molecule has 0 aliphatic rings. The predicted molar refractivity (Wildman–Crippen MR) is 72.7 cm³/mol. The number of carbonyl (C=O) groups excluding carboxylic acids is 1. The molecular weight excluding hydrogens is 304 g/mol. The van der Waals surface area contributed by atoms with Crippen LogP contribution in [0.5, 0.6) is 0 Å². The Morgan fingerprint density at radius 2 is 1.52 bits per heavy atom. The molecule has 0 bridgehead atoms. The van der Waals surface area contributed by atoms with Crippen LogP contribution in [0, 0.1) is 11.6 Å². The Balaban J connectivity index is 2.36. The van der Waals surface area contributed by atoms with Crippen LogP contribution in [0.1, 0.15) is 20.7 Å². The third-order valence-electron chi connectivity index (χ3n) is 2.64. The van der Waals surface area contributed by atoms with Gasteiger partial charge in [-0.2, -0.15) is 0 Å². The molecule has 21 heavy (non-hydrogen) atoms. The maximum Gasteiger partial charge on any atom is 0.336 e. The largest absolute Gasteiger partial charge is 0.478 e. The van der Waals surface area contributed by atoms with Gasteiger partial charge in [-0.3, -0.25) is 4.79 Å². The van der Waals surface area contributed by atoms with E-state index >= 15 is 0 Å². The lowest BCUT2D eigenvalue weighted by Gasteiger charge is -2.08. The van der Waals surface area contributed by atoms with Crippen molar-refractivity contribution < 1.29 is 23.5 Å². The molecule has 7 heteroatoms. The highest BCUT2D eigenvalue weighted by Crippen LogP contribution is 2.18. The zero-order valence-electron chi connectivity index (χ0n) is 10.4. The predicted octanol–water partition coefficient (Wildman–Crippen LogP) is 3.57. The lowest BCUT2D eigenvalue weighted by molar-refractivity contribution is 0.0691. The van der Waals surface area contributed by atoms with Crippen LogP contribution >= 0.6 is 11.6 Å². The molecule has 1 amide bonds. The molecule has 0 atom stereocenters. The van der Waals surface area contributed by atoms with Crippen molar-refractivity contribution in [3.63, 3.8) is 0 Å². The van der Waals surface area contributed by atoms with E-state index in [0.29, 0.717) is 22.8 Å². The summed E-state index contributed by atoms with van der Waals surface area (Å²) < 4.78 is 26.3. The number of aromatic carboxylic acids is 1. The molecule has 2 aromatic rings. The van der Waals surface area contributed by atoms with Crippen molar-refractivity contribution in [2.24, 2.45) is 0 Å². The fourth-order valence-corrected chi connectivity index (χ4v) is 1.77. The van der Waals surface area contributed by atoms with Gasteiger partial charge in [0.05, 0.1) is 11.1 Å². The van der Waals surface area contributed by atoms with Crippen LogP contribution in [0.25, 0.3) is 0 Å². The first kappa shape index (κ1) is 14.9. The number of carboxylic acid groups (broad SMARTS) is 1. The average Bonchev–Trinajstić information content (AvgIpc) is 2.43. The van der Waals surface area contributed by atoms with E-state index in [0.717, 1.165) is 0 Å². The van der Waals surface area contributed by atoms with Crippen LogP contribution in [-0.4, -0.2) is 17.0 Å². The first-order valence-electron chi connectivity index (χ1n) is 5.67. The maximum absolute atomic E-state index is 13.2. The highest BCUT2D eigenvalue weighted by Gasteiger charge is 2.20. The van der Waals surface area contributed by atoms with Gasteiger partial charge in [0.15, 0.2) is 11.6 Å². The molecule has 0 saturated carbocycles. The van der Waals surface area contributed by atoms with E-state index < -0.39 is 34.6 Å². The second-order valence-corrected chi connectivity index (χ2v) is 4.51. The van der Waals surface area contributed by atoms with Crippen molar-refractivity contribution in [1.29, 1.82) is 0 Å². The first-order chi connectivity index (χ1) is 9.88. The van der Waals surface area contributed by atoms with Crippen molar-refractivity contribution in [1.82, 2.24) is 0 Å². The topological polar surface area (TPSA) is 66.4 Å². The Labute approximate surface area is 123 Å². The van der Waals surface area contributed by atoms with Gasteiger partial charge in [0.25, 0.3) is 5.91 Å². The summed E-state index contributed by atoms with van der Waals surface area (Å²) >= 11 is 5.69. The fraction of sp³-hybridized carbons (Fsp3) is 0. The Bertz CT molecular complexity index is 717. The molecule has 0 aromatic heterocycles. The summed E-state index contributed by atoms with van der Waals surface area (Å²) in [6.07, 6.45) is 0. The number of benzene rings is 2. The summed E-state index contributed by atoms with van der Waals surface area (Å²) in [4.78, 5) is 23.0. The smallest absolute Gasteiger partial charge is 0.336 e. The normalized spacial score (nSPS) is 10.2. The molecule has 0 spiro atoms. The Morgan fingerprint density at radius 1 is 1.00 bits per heavy atom. The van der Waals surface area contributed by atoms with Gasteiger partial charge in [-0.1, -0.05) is 11.6 Å². The molecule has 0 fully saturated rings. The molecule has 2 rings (SSSR count). The van der Waals surface area contributed by atoms with Crippen LogP contribution in [0.2, 0.25) is 5.02 Å². The molecule has 108 valence electrons. The van der Waals surface area contributed by atoms with Gasteiger partial charge in [0.2, 0.25) is 0 Å². The van der Waals surface area contributed by atoms with Crippen molar-refractivity contribution >= 4 is 29.2 Å². The first-order valence-corrected chi connectivity index (χ1v) is 6.05. The number of hydrogen-bond donors (Lipinski definition) is 2. The molecule has 0 saturated heterocycles. The number of nitrogens with one attached hydrogen (secondary N) is 1. The van der Waals surface area contributed by atoms with Gasteiger partial charge < -0.3 is 10.4 Å². The van der Waals surface area contributed by atoms with Crippen LogP contribution in [0.15, 0.2) is 36.4 Å². The Morgan fingerprint density at radius 3 is 2.05 bits per heavy atom. The van der Waals surface area contributed by atoms with E-state index in [2.05, 4.69) is 5.32 Å². The van der Waals surface area contributed by atoms with E-state index in [1.165, 1.54) is 24.3 Å². The number of amides is 1. The van der Waals surface area contributed by atoms with Gasteiger partial charge in [0.1, 0.15) is 0 Å². The number of halogens is 3. The summed E-state index contributed by atoms with van der Waals surface area (Å²) in [6, 6.07) is 7.01. The zero-order chi connectivity index (χ0) is 15.6. The number of anilines is 1. The van der Waals surface area contributed by atoms with Gasteiger partial charge in [0, 0.05) is 10.7 Å². The molecule has 0 unspecified atom stereocenters. The monoisotopic (exact) mass is 311 g/mol. The van der Waals surface area contributed by atoms with Crippen LogP contribution in [0.3, 0.4) is 0 Å². The Kier molecular flexibility index (Phi) is 4.18. The van der Waals surface area contributed by atoms with Gasteiger partial charge in [-0.15, -0.1) is 0 Å². The van der Waals surface area contributed by atoms with Crippen LogP contribution in [-0.2, 0) is 0 Å². The second-order valence-electron chi connectivity index (χ2n) is 4.08. The average molecular weight is 312 g/mol. The quantitative estimate of drug-likeness (QED) is 0.910. The molecule has 0 radical (unpaired) electrons. The third kappa shape index (κ3) is 3.35. The molecule has 4 nitrogen and oxygen atoms in total. The number of hydrogen-bond acceptors (Lipinski definition) is 2. The van der Waals surface area contributed by atoms with Crippen LogP contribution in [0.4, 0.5) is 14.5 Å². The minimum Gasteiger partial charge on any atom is -0.478 e. The van der Waals surface area contributed by atoms with E-state index in [-0.39, 0.29) is 0 Å². The highest BCUT2D eigenvalue weighted by atomic mass is 35.5. The molecule has 0 heterocycles. The summed E-state index contributed by atoms with van der Waals surface area (Å²) in [6.45, 7) is 0. The molecular formula is C14H8ClF2NO3. The number of carbonyl (C=O) groups is 2. The molecule has 2 aromatic carbocycles. The lowest BCUT2D eigenvalue weighted by atomic mass is 10.1. The van der Waals surface area contributed by atoms with Gasteiger partial charge >= 0.3 is 5.97 Å². The lowest BCUT2D eigenvalue weighted by Crippen LogP contribution is -2.17. The van der Waals surface area contributed by atoms with Crippen LogP contribution < -0.4 is 5.32 Å². The minimum absolute atomic E-state index is 0.338. The second kappa shape index (κ2) is 5.88. The summed E-state index contributed by atoms with van der Waals surface area (Å²) in [7, 11) is 0. The standard InChI is InChI=1S/C14H8ClF2NO3/c15-7-1-3-8(4-2-7)18-13(19)9-5-11(16)12(17)6-10(9)14(20)21/h1-6H,(H,18,19)(H,20,21). The highest BCUT2D eigenvalue weighted by molar-refractivity contribution is 6.30. The SMILES string of the molecule is O=C(O)c1cc(F)c(F)cc1C(=O)Nc1ccc(Cl)cc1. The number of rotatable bonds is 3. The van der Waals surface area contributed by atoms with Gasteiger partial charge in [-0.25, -0.2) is 13.6 Å². The summed E-state index contributed by atoms with van der Waals surface area (Å²) in [5.74, 6) is -5.04. The fourth-order valence-electron chi connectivity index (χ4n) is 1.64. The summed E-state index contributed by atoms with van der Waals surface area (Å²) in [5.41, 5.74) is -0.762. The van der Waals surface area contributed by atoms with Crippen molar-refractivity contribution in [2.45, 2.75) is 0 Å². The van der Waals surface area contributed by atoms with E-state index in [1.54, 1.807) is 0 Å². The van der Waals surface area contributed by atoms with Crippen molar-refractivity contribution in [3.8, 4) is 0 Å². The van der Waals surface area contributed by atoms with Gasteiger partial charge in [-0.05, 0) is 36.4 Å². The van der Waals surface area contributed by atoms with E-state index in [4.69, 9.17) is 16.7 Å². The minimum atomic E-state index is -1.53. The van der Waals surface area contributed by atoms with E-state index in [1.807, 2.05) is 0 Å². The van der Waals surface area contributed by atoms with Crippen molar-refractivity contribution in [3.05, 3.63) is 64.2 Å². The zero-order valence-corrected chi connectivity index (χ0v) is 11.1.